The molecule has 0 fully saturated rings. The number of nitro benzene ring substituents is 1. The number of hydrogen-bond acceptors (Lipinski definition) is 6. The number of non-ortho nitro benzene ring substituents is 1. The molecule has 0 saturated carbocycles. The molecule has 128 valence electrons. The zero-order valence-electron chi connectivity index (χ0n) is 13.5. The number of nitro groups is 1. The van der Waals surface area contributed by atoms with Gasteiger partial charge in [-0.1, -0.05) is 42.5 Å². The Balaban J connectivity index is 1.53. The van der Waals surface area contributed by atoms with E-state index in [-0.39, 0.29) is 5.69 Å². The number of aromatic nitrogens is 4. The lowest BCUT2D eigenvalue weighted by Crippen LogP contribution is -2.00. The standard InChI is InChI=1S/C18H13N5O3/c24-23(25)15-8-4-7-14(9-15)18-20-12-22(21-18)11-17-19-10-16(26-17)13-5-2-1-3-6-13/h1-10,12H,11H2. The Labute approximate surface area is 147 Å². The molecule has 8 heteroatoms. The SMILES string of the molecule is O=[N+]([O-])c1cccc(-c2ncn(Cc3ncc(-c4ccccc4)o3)n2)c1. The molecule has 0 saturated heterocycles. The highest BCUT2D eigenvalue weighted by Crippen LogP contribution is 2.22. The van der Waals surface area contributed by atoms with E-state index in [1.54, 1.807) is 29.3 Å². The van der Waals surface area contributed by atoms with E-state index >= 15 is 0 Å². The number of rotatable bonds is 5. The quantitative estimate of drug-likeness (QED) is 0.404. The molecular weight excluding hydrogens is 334 g/mol. The Morgan fingerprint density at radius 3 is 2.65 bits per heavy atom. The summed E-state index contributed by atoms with van der Waals surface area (Å²) in [7, 11) is 0. The van der Waals surface area contributed by atoms with Crippen molar-refractivity contribution in [3.63, 3.8) is 0 Å². The van der Waals surface area contributed by atoms with Crippen molar-refractivity contribution in [2.75, 3.05) is 0 Å². The first-order valence-electron chi connectivity index (χ1n) is 7.83. The Kier molecular flexibility index (Phi) is 3.98. The Morgan fingerprint density at radius 2 is 1.85 bits per heavy atom. The van der Waals surface area contributed by atoms with Crippen molar-refractivity contribution >= 4 is 5.69 Å². The second kappa shape index (κ2) is 6.60. The number of benzene rings is 2. The molecule has 26 heavy (non-hydrogen) atoms. The second-order valence-corrected chi connectivity index (χ2v) is 5.56. The van der Waals surface area contributed by atoms with Gasteiger partial charge in [-0.25, -0.2) is 14.6 Å². The van der Waals surface area contributed by atoms with Crippen LogP contribution in [-0.4, -0.2) is 24.7 Å². The van der Waals surface area contributed by atoms with Gasteiger partial charge < -0.3 is 4.42 Å². The normalized spacial score (nSPS) is 10.8. The summed E-state index contributed by atoms with van der Waals surface area (Å²) in [5.41, 5.74) is 1.52. The van der Waals surface area contributed by atoms with Crippen molar-refractivity contribution in [1.29, 1.82) is 0 Å². The maximum atomic E-state index is 10.9. The first-order chi connectivity index (χ1) is 12.7. The van der Waals surface area contributed by atoms with Gasteiger partial charge in [0, 0.05) is 23.3 Å². The van der Waals surface area contributed by atoms with E-state index in [9.17, 15) is 10.1 Å². The zero-order chi connectivity index (χ0) is 17.9. The zero-order valence-corrected chi connectivity index (χ0v) is 13.5. The maximum Gasteiger partial charge on any atom is 0.270 e. The van der Waals surface area contributed by atoms with Crippen molar-refractivity contribution in [2.24, 2.45) is 0 Å². The molecule has 0 spiro atoms. The minimum Gasteiger partial charge on any atom is -0.439 e. The average Bonchev–Trinajstić information content (AvgIpc) is 3.33. The van der Waals surface area contributed by atoms with Crippen molar-refractivity contribution < 1.29 is 9.34 Å². The van der Waals surface area contributed by atoms with E-state index < -0.39 is 4.92 Å². The van der Waals surface area contributed by atoms with Gasteiger partial charge in [-0.2, -0.15) is 5.10 Å². The smallest absolute Gasteiger partial charge is 0.270 e. The molecule has 4 rings (SSSR count). The average molecular weight is 347 g/mol. The van der Waals surface area contributed by atoms with Gasteiger partial charge in [-0.15, -0.1) is 0 Å². The fraction of sp³-hybridized carbons (Fsp3) is 0.0556. The van der Waals surface area contributed by atoms with Crippen molar-refractivity contribution in [3.8, 4) is 22.7 Å². The van der Waals surface area contributed by atoms with E-state index in [4.69, 9.17) is 4.42 Å². The van der Waals surface area contributed by atoms with Crippen LogP contribution in [0.1, 0.15) is 5.89 Å². The van der Waals surface area contributed by atoms with Crippen LogP contribution in [0.4, 0.5) is 5.69 Å². The van der Waals surface area contributed by atoms with Crippen LogP contribution < -0.4 is 0 Å². The fourth-order valence-electron chi connectivity index (χ4n) is 2.52. The summed E-state index contributed by atoms with van der Waals surface area (Å²) in [5.74, 6) is 1.59. The van der Waals surface area contributed by atoms with E-state index in [2.05, 4.69) is 15.1 Å². The molecule has 0 amide bonds. The first kappa shape index (κ1) is 15.7. The first-order valence-corrected chi connectivity index (χ1v) is 7.83. The second-order valence-electron chi connectivity index (χ2n) is 5.56. The lowest BCUT2D eigenvalue weighted by atomic mass is 10.2. The van der Waals surface area contributed by atoms with Gasteiger partial charge in [0.05, 0.1) is 11.1 Å². The predicted octanol–water partition coefficient (Wildman–Crippen LogP) is 3.56. The van der Waals surface area contributed by atoms with Crippen molar-refractivity contribution in [2.45, 2.75) is 6.54 Å². The summed E-state index contributed by atoms with van der Waals surface area (Å²) in [6, 6.07) is 15.9. The van der Waals surface area contributed by atoms with Crippen LogP contribution in [0.5, 0.6) is 0 Å². The molecule has 2 heterocycles. The molecule has 4 aromatic rings. The number of oxazole rings is 1. The lowest BCUT2D eigenvalue weighted by molar-refractivity contribution is -0.384. The molecule has 2 aromatic heterocycles. The van der Waals surface area contributed by atoms with E-state index in [1.807, 2.05) is 30.3 Å². The van der Waals surface area contributed by atoms with Crippen LogP contribution in [0, 0.1) is 10.1 Å². The molecule has 2 aromatic carbocycles. The summed E-state index contributed by atoms with van der Waals surface area (Å²) in [4.78, 5) is 18.9. The van der Waals surface area contributed by atoms with Crippen molar-refractivity contribution in [3.05, 3.63) is 83.1 Å². The summed E-state index contributed by atoms with van der Waals surface area (Å²) in [6.07, 6.45) is 3.21. The highest BCUT2D eigenvalue weighted by Gasteiger charge is 2.12. The minimum atomic E-state index is -0.446. The van der Waals surface area contributed by atoms with E-state index in [1.165, 1.54) is 12.1 Å². The summed E-state index contributed by atoms with van der Waals surface area (Å²) in [5, 5.41) is 15.2. The van der Waals surface area contributed by atoms with Crippen molar-refractivity contribution in [1.82, 2.24) is 19.7 Å². The fourth-order valence-corrected chi connectivity index (χ4v) is 2.52. The lowest BCUT2D eigenvalue weighted by Gasteiger charge is -1.97. The van der Waals surface area contributed by atoms with Crippen LogP contribution in [0.3, 0.4) is 0 Å². The molecule has 0 bridgehead atoms. The Bertz CT molecular complexity index is 1060. The highest BCUT2D eigenvalue weighted by atomic mass is 16.6. The third kappa shape index (κ3) is 3.20. The highest BCUT2D eigenvalue weighted by molar-refractivity contribution is 5.58. The summed E-state index contributed by atoms with van der Waals surface area (Å²) >= 11 is 0. The topological polar surface area (TPSA) is 99.9 Å². The van der Waals surface area contributed by atoms with Gasteiger partial charge in [0.25, 0.3) is 5.69 Å². The van der Waals surface area contributed by atoms with Gasteiger partial charge >= 0.3 is 0 Å². The molecule has 0 aliphatic carbocycles. The molecule has 0 unspecified atom stereocenters. The van der Waals surface area contributed by atoms with Gasteiger partial charge in [0.1, 0.15) is 12.9 Å². The molecule has 0 aliphatic heterocycles. The van der Waals surface area contributed by atoms with Gasteiger partial charge in [-0.3, -0.25) is 10.1 Å². The molecular formula is C18H13N5O3. The largest absolute Gasteiger partial charge is 0.439 e. The third-order valence-corrected chi connectivity index (χ3v) is 3.76. The molecule has 0 N–H and O–H groups in total. The summed E-state index contributed by atoms with van der Waals surface area (Å²) < 4.78 is 7.33. The van der Waals surface area contributed by atoms with Crippen LogP contribution in [-0.2, 0) is 6.54 Å². The van der Waals surface area contributed by atoms with Gasteiger partial charge in [-0.05, 0) is 0 Å². The minimum absolute atomic E-state index is 0.000876. The number of nitrogens with zero attached hydrogens (tertiary/aromatic N) is 5. The van der Waals surface area contributed by atoms with E-state index in [0.717, 1.165) is 5.56 Å². The molecule has 0 aliphatic rings. The molecule has 8 nitrogen and oxygen atoms in total. The van der Waals surface area contributed by atoms with Gasteiger partial charge in [0.15, 0.2) is 11.6 Å². The monoisotopic (exact) mass is 347 g/mol. The van der Waals surface area contributed by atoms with Gasteiger partial charge in [0.2, 0.25) is 5.89 Å². The van der Waals surface area contributed by atoms with Crippen LogP contribution in [0.25, 0.3) is 22.7 Å². The maximum absolute atomic E-state index is 10.9. The van der Waals surface area contributed by atoms with E-state index in [0.29, 0.717) is 29.6 Å². The third-order valence-electron chi connectivity index (χ3n) is 3.76. The van der Waals surface area contributed by atoms with Crippen LogP contribution >= 0.6 is 0 Å². The number of hydrogen-bond donors (Lipinski definition) is 0. The van der Waals surface area contributed by atoms with Crippen LogP contribution in [0.15, 0.2) is 71.5 Å². The Hall–Kier alpha value is -3.81. The van der Waals surface area contributed by atoms with Crippen LogP contribution in [0.2, 0.25) is 0 Å². The summed E-state index contributed by atoms with van der Waals surface area (Å²) in [6.45, 7) is 0.314. The molecule has 0 atom stereocenters. The predicted molar refractivity (Wildman–Crippen MR) is 93.2 cm³/mol. The Morgan fingerprint density at radius 1 is 1.04 bits per heavy atom. The molecule has 0 radical (unpaired) electrons.